The van der Waals surface area contributed by atoms with Crippen LogP contribution in [0.5, 0.6) is 0 Å². The van der Waals surface area contributed by atoms with Crippen molar-refractivity contribution in [3.05, 3.63) is 0 Å². The molecule has 0 aromatic carbocycles. The van der Waals surface area contributed by atoms with Gasteiger partial charge in [0.05, 0.1) is 0 Å². The van der Waals surface area contributed by atoms with Crippen molar-refractivity contribution < 1.29 is 14.4 Å². The lowest BCUT2D eigenvalue weighted by atomic mass is 9.98. The third kappa shape index (κ3) is 3.59. The van der Waals surface area contributed by atoms with E-state index in [1.54, 1.807) is 11.8 Å². The normalized spacial score (nSPS) is 24.3. The maximum Gasteiger partial charge on any atom is 0.245 e. The first kappa shape index (κ1) is 16.8. The van der Waals surface area contributed by atoms with Gasteiger partial charge in [0.1, 0.15) is 12.1 Å². The van der Waals surface area contributed by atoms with E-state index in [1.807, 2.05) is 13.8 Å². The van der Waals surface area contributed by atoms with Crippen LogP contribution in [0.3, 0.4) is 0 Å². The summed E-state index contributed by atoms with van der Waals surface area (Å²) in [6.45, 7) is 6.53. The summed E-state index contributed by atoms with van der Waals surface area (Å²) in [6.07, 6.45) is 3.99. The average molecular weight is 309 g/mol. The molecule has 1 aliphatic heterocycles. The largest absolute Gasteiger partial charge is 0.353 e. The molecule has 22 heavy (non-hydrogen) atoms. The van der Waals surface area contributed by atoms with Crippen molar-refractivity contribution in [1.29, 1.82) is 0 Å². The first-order chi connectivity index (χ1) is 10.4. The van der Waals surface area contributed by atoms with Gasteiger partial charge in [0.15, 0.2) is 0 Å². The van der Waals surface area contributed by atoms with Gasteiger partial charge in [-0.05, 0) is 25.7 Å². The molecule has 2 fully saturated rings. The van der Waals surface area contributed by atoms with Crippen molar-refractivity contribution in [3.8, 4) is 0 Å². The fourth-order valence-electron chi connectivity index (χ4n) is 3.42. The summed E-state index contributed by atoms with van der Waals surface area (Å²) in [5, 5.41) is 5.63. The molecule has 1 aliphatic carbocycles. The Hall–Kier alpha value is -1.59. The van der Waals surface area contributed by atoms with E-state index in [1.165, 1.54) is 0 Å². The van der Waals surface area contributed by atoms with Crippen molar-refractivity contribution in [2.45, 2.75) is 58.5 Å². The lowest BCUT2D eigenvalue weighted by Crippen LogP contribution is -2.62. The van der Waals surface area contributed by atoms with Gasteiger partial charge in [-0.25, -0.2) is 0 Å². The second kappa shape index (κ2) is 7.11. The zero-order chi connectivity index (χ0) is 16.3. The third-order valence-corrected chi connectivity index (χ3v) is 4.63. The number of hydrogen-bond acceptors (Lipinski definition) is 3. The highest BCUT2D eigenvalue weighted by molar-refractivity contribution is 5.93. The van der Waals surface area contributed by atoms with Gasteiger partial charge in [0.2, 0.25) is 17.7 Å². The molecule has 1 saturated carbocycles. The molecule has 1 heterocycles. The average Bonchev–Trinajstić information content (AvgIpc) is 2.99. The first-order valence-electron chi connectivity index (χ1n) is 8.30. The Balaban J connectivity index is 1.98. The molecule has 2 atom stereocenters. The molecular formula is C16H27N3O3. The van der Waals surface area contributed by atoms with Crippen molar-refractivity contribution in [2.75, 3.05) is 13.1 Å². The lowest BCUT2D eigenvalue weighted by Gasteiger charge is -2.38. The van der Waals surface area contributed by atoms with Crippen molar-refractivity contribution in [3.63, 3.8) is 0 Å². The second-order valence-corrected chi connectivity index (χ2v) is 6.72. The summed E-state index contributed by atoms with van der Waals surface area (Å²) in [4.78, 5) is 38.4. The Labute approximate surface area is 132 Å². The van der Waals surface area contributed by atoms with Crippen LogP contribution >= 0.6 is 0 Å². The van der Waals surface area contributed by atoms with E-state index >= 15 is 0 Å². The molecule has 0 aromatic heterocycles. The molecule has 2 aliphatic rings. The number of piperazine rings is 1. The van der Waals surface area contributed by atoms with Crippen LogP contribution in [0.25, 0.3) is 0 Å². The molecule has 2 unspecified atom stereocenters. The molecule has 3 amide bonds. The molecule has 0 radical (unpaired) electrons. The highest BCUT2D eigenvalue weighted by Crippen LogP contribution is 2.25. The SMILES string of the molecule is CC(NC(=O)C1CCCC1)C(=O)N1CCNC(=O)C1C(C)C. The van der Waals surface area contributed by atoms with Gasteiger partial charge in [-0.3, -0.25) is 14.4 Å². The van der Waals surface area contributed by atoms with Gasteiger partial charge in [0.25, 0.3) is 0 Å². The molecule has 6 heteroatoms. The monoisotopic (exact) mass is 309 g/mol. The van der Waals surface area contributed by atoms with Gasteiger partial charge < -0.3 is 15.5 Å². The fraction of sp³-hybridized carbons (Fsp3) is 0.812. The molecule has 0 aromatic rings. The molecule has 2 N–H and O–H groups in total. The third-order valence-electron chi connectivity index (χ3n) is 4.63. The van der Waals surface area contributed by atoms with Crippen LogP contribution in [0.15, 0.2) is 0 Å². The predicted octanol–water partition coefficient (Wildman–Crippen LogP) is 0.664. The smallest absolute Gasteiger partial charge is 0.245 e. The number of carbonyl (C=O) groups is 3. The van der Waals surface area contributed by atoms with E-state index in [0.717, 1.165) is 25.7 Å². The van der Waals surface area contributed by atoms with Crippen molar-refractivity contribution in [1.82, 2.24) is 15.5 Å². The van der Waals surface area contributed by atoms with Gasteiger partial charge in [-0.1, -0.05) is 26.7 Å². The summed E-state index contributed by atoms with van der Waals surface area (Å²) < 4.78 is 0. The van der Waals surface area contributed by atoms with Crippen LogP contribution in [0.4, 0.5) is 0 Å². The molecular weight excluding hydrogens is 282 g/mol. The van der Waals surface area contributed by atoms with Crippen LogP contribution in [0, 0.1) is 11.8 Å². The summed E-state index contributed by atoms with van der Waals surface area (Å²) >= 11 is 0. The quantitative estimate of drug-likeness (QED) is 0.801. The number of nitrogens with one attached hydrogen (secondary N) is 2. The Morgan fingerprint density at radius 3 is 2.45 bits per heavy atom. The highest BCUT2D eigenvalue weighted by atomic mass is 16.2. The summed E-state index contributed by atoms with van der Waals surface area (Å²) in [5.74, 6) is -0.215. The van der Waals surface area contributed by atoms with E-state index < -0.39 is 12.1 Å². The Morgan fingerprint density at radius 1 is 1.23 bits per heavy atom. The fourth-order valence-corrected chi connectivity index (χ4v) is 3.42. The number of carbonyl (C=O) groups excluding carboxylic acids is 3. The maximum atomic E-state index is 12.6. The van der Waals surface area contributed by atoms with Crippen LogP contribution in [-0.2, 0) is 14.4 Å². The van der Waals surface area contributed by atoms with Crippen molar-refractivity contribution in [2.24, 2.45) is 11.8 Å². The summed E-state index contributed by atoms with van der Waals surface area (Å²) in [6, 6.07) is -1.03. The molecule has 124 valence electrons. The van der Waals surface area contributed by atoms with Gasteiger partial charge >= 0.3 is 0 Å². The van der Waals surface area contributed by atoms with E-state index in [9.17, 15) is 14.4 Å². The predicted molar refractivity (Wildman–Crippen MR) is 82.9 cm³/mol. The van der Waals surface area contributed by atoms with Crippen LogP contribution in [-0.4, -0.2) is 47.8 Å². The minimum Gasteiger partial charge on any atom is -0.353 e. The number of nitrogens with zero attached hydrogens (tertiary/aromatic N) is 1. The Bertz CT molecular complexity index is 444. The minimum absolute atomic E-state index is 0.0269. The second-order valence-electron chi connectivity index (χ2n) is 6.72. The van der Waals surface area contributed by atoms with Crippen LogP contribution in [0.2, 0.25) is 0 Å². The molecule has 1 saturated heterocycles. The minimum atomic E-state index is -0.583. The zero-order valence-corrected chi connectivity index (χ0v) is 13.7. The van der Waals surface area contributed by atoms with E-state index in [0.29, 0.717) is 13.1 Å². The summed E-state index contributed by atoms with van der Waals surface area (Å²) in [5.41, 5.74) is 0. The molecule has 0 bridgehead atoms. The van der Waals surface area contributed by atoms with E-state index in [-0.39, 0.29) is 29.6 Å². The molecule has 6 nitrogen and oxygen atoms in total. The summed E-state index contributed by atoms with van der Waals surface area (Å²) in [7, 11) is 0. The van der Waals surface area contributed by atoms with Gasteiger partial charge in [-0.2, -0.15) is 0 Å². The zero-order valence-electron chi connectivity index (χ0n) is 13.7. The number of amides is 3. The van der Waals surface area contributed by atoms with Crippen LogP contribution < -0.4 is 10.6 Å². The highest BCUT2D eigenvalue weighted by Gasteiger charge is 2.37. The standard InChI is InChI=1S/C16H27N3O3/c1-10(2)13-15(21)17-8-9-19(13)16(22)11(3)18-14(20)12-6-4-5-7-12/h10-13H,4-9H2,1-3H3,(H,17,21)(H,18,20). The van der Waals surface area contributed by atoms with Crippen LogP contribution in [0.1, 0.15) is 46.5 Å². The topological polar surface area (TPSA) is 78.5 Å². The van der Waals surface area contributed by atoms with Crippen molar-refractivity contribution >= 4 is 17.7 Å². The Kier molecular flexibility index (Phi) is 5.42. The van der Waals surface area contributed by atoms with Gasteiger partial charge in [0, 0.05) is 19.0 Å². The molecule has 0 spiro atoms. The first-order valence-corrected chi connectivity index (χ1v) is 8.30. The van der Waals surface area contributed by atoms with E-state index in [2.05, 4.69) is 10.6 Å². The Morgan fingerprint density at radius 2 is 1.86 bits per heavy atom. The molecule has 2 rings (SSSR count). The van der Waals surface area contributed by atoms with Gasteiger partial charge in [-0.15, -0.1) is 0 Å². The number of hydrogen-bond donors (Lipinski definition) is 2. The van der Waals surface area contributed by atoms with E-state index in [4.69, 9.17) is 0 Å². The lowest BCUT2D eigenvalue weighted by molar-refractivity contribution is -0.147. The maximum absolute atomic E-state index is 12.6. The number of rotatable bonds is 4.